The van der Waals surface area contributed by atoms with E-state index in [-0.39, 0.29) is 11.5 Å². The second kappa shape index (κ2) is 6.83. The van der Waals surface area contributed by atoms with Gasteiger partial charge in [0.25, 0.3) is 5.56 Å². The molecule has 1 aliphatic carbocycles. The molecule has 0 aliphatic heterocycles. The first-order valence-electron chi connectivity index (χ1n) is 7.47. The molecule has 1 fully saturated rings. The van der Waals surface area contributed by atoms with E-state index in [2.05, 4.69) is 10.3 Å². The van der Waals surface area contributed by atoms with Crippen LogP contribution in [0.3, 0.4) is 0 Å². The summed E-state index contributed by atoms with van der Waals surface area (Å²) in [5, 5.41) is 4.99. The van der Waals surface area contributed by atoms with E-state index in [1.165, 1.54) is 35.9 Å². The number of hydrogen-bond donors (Lipinski definition) is 1. The van der Waals surface area contributed by atoms with Gasteiger partial charge in [-0.05, 0) is 19.8 Å². The van der Waals surface area contributed by atoms with Crippen LogP contribution in [0.15, 0.2) is 16.2 Å². The van der Waals surface area contributed by atoms with E-state index < -0.39 is 0 Å². The number of aryl methyl sites for hydroxylation is 1. The summed E-state index contributed by atoms with van der Waals surface area (Å²) in [6.07, 6.45) is 4.63. The lowest BCUT2D eigenvalue weighted by Crippen LogP contribution is -2.33. The van der Waals surface area contributed by atoms with Crippen LogP contribution in [0, 0.1) is 6.92 Å². The van der Waals surface area contributed by atoms with Gasteiger partial charge in [0.05, 0.1) is 11.4 Å². The second-order valence-electron chi connectivity index (χ2n) is 5.62. The Hall–Kier alpha value is -1.34. The lowest BCUT2D eigenvalue weighted by molar-refractivity contribution is -0.119. The zero-order chi connectivity index (χ0) is 15.5. The summed E-state index contributed by atoms with van der Waals surface area (Å²) in [7, 11) is 0. The normalized spacial score (nSPS) is 15.5. The van der Waals surface area contributed by atoms with E-state index in [0.717, 1.165) is 29.2 Å². The molecule has 3 rings (SSSR count). The number of rotatable bonds is 5. The molecule has 2 heterocycles. The number of hydrogen-bond acceptors (Lipinski definition) is 5. The Morgan fingerprint density at radius 1 is 1.50 bits per heavy atom. The number of carbonyl (C=O) groups is 1. The average Bonchev–Trinajstić information content (AvgIpc) is 3.09. The van der Waals surface area contributed by atoms with Gasteiger partial charge < -0.3 is 5.32 Å². The lowest BCUT2D eigenvalue weighted by atomic mass is 10.2. The molecule has 7 heteroatoms. The number of amides is 1. The molecule has 1 saturated carbocycles. The van der Waals surface area contributed by atoms with E-state index in [0.29, 0.717) is 17.5 Å². The maximum absolute atomic E-state index is 12.0. The van der Waals surface area contributed by atoms with Crippen LogP contribution in [0.4, 0.5) is 0 Å². The van der Waals surface area contributed by atoms with Crippen molar-refractivity contribution in [2.24, 2.45) is 0 Å². The molecule has 0 atom stereocenters. The second-order valence-corrected chi connectivity index (χ2v) is 7.44. The Balaban J connectivity index is 1.55. The van der Waals surface area contributed by atoms with Gasteiger partial charge in [-0.1, -0.05) is 12.8 Å². The van der Waals surface area contributed by atoms with E-state index in [1.807, 2.05) is 12.3 Å². The Morgan fingerprint density at radius 3 is 3.05 bits per heavy atom. The van der Waals surface area contributed by atoms with Gasteiger partial charge in [-0.25, -0.2) is 4.98 Å². The van der Waals surface area contributed by atoms with Gasteiger partial charge in [0.2, 0.25) is 5.91 Å². The molecule has 1 aliphatic rings. The van der Waals surface area contributed by atoms with Crippen molar-refractivity contribution in [3.8, 4) is 0 Å². The molecule has 2 aromatic heterocycles. The maximum atomic E-state index is 12.0. The number of nitrogens with one attached hydrogen (secondary N) is 1. The summed E-state index contributed by atoms with van der Waals surface area (Å²) < 4.78 is 1.62. The largest absolute Gasteiger partial charge is 0.353 e. The molecule has 0 radical (unpaired) electrons. The minimum Gasteiger partial charge on any atom is -0.353 e. The van der Waals surface area contributed by atoms with Crippen molar-refractivity contribution >= 4 is 34.0 Å². The Kier molecular flexibility index (Phi) is 4.83. The number of aromatic nitrogens is 2. The molecule has 0 bridgehead atoms. The third-order valence-electron chi connectivity index (χ3n) is 3.83. The smallest absolute Gasteiger partial charge is 0.258 e. The third-order valence-corrected chi connectivity index (χ3v) is 5.74. The SMILES string of the molecule is Cc1csc2nc(CSCC(=O)NC3CCCC3)cc(=O)n12. The Bertz CT molecular complexity index is 732. The van der Waals surface area contributed by atoms with Crippen LogP contribution in [0.25, 0.3) is 4.96 Å². The highest BCUT2D eigenvalue weighted by Crippen LogP contribution is 2.18. The number of carbonyl (C=O) groups excluding carboxylic acids is 1. The first kappa shape index (κ1) is 15.6. The molecule has 0 aromatic carbocycles. The monoisotopic (exact) mass is 337 g/mol. The standard InChI is InChI=1S/C15H19N3O2S2/c1-10-7-22-15-17-12(6-14(20)18(10)15)8-21-9-13(19)16-11-4-2-3-5-11/h6-7,11H,2-5,8-9H2,1H3,(H,16,19). The summed E-state index contributed by atoms with van der Waals surface area (Å²) in [4.78, 5) is 29.1. The molecule has 5 nitrogen and oxygen atoms in total. The van der Waals surface area contributed by atoms with Crippen LogP contribution < -0.4 is 10.9 Å². The van der Waals surface area contributed by atoms with Gasteiger partial charge in [-0.2, -0.15) is 0 Å². The molecule has 22 heavy (non-hydrogen) atoms. The summed E-state index contributed by atoms with van der Waals surface area (Å²) in [6, 6.07) is 1.93. The maximum Gasteiger partial charge on any atom is 0.258 e. The van der Waals surface area contributed by atoms with E-state index in [9.17, 15) is 9.59 Å². The minimum absolute atomic E-state index is 0.0465. The van der Waals surface area contributed by atoms with Gasteiger partial charge in [0.15, 0.2) is 4.96 Å². The fourth-order valence-corrected chi connectivity index (χ4v) is 4.38. The fourth-order valence-electron chi connectivity index (χ4n) is 2.76. The summed E-state index contributed by atoms with van der Waals surface area (Å²) in [5.74, 6) is 1.09. The van der Waals surface area contributed by atoms with Gasteiger partial charge in [0.1, 0.15) is 0 Å². The highest BCUT2D eigenvalue weighted by molar-refractivity contribution is 7.99. The Morgan fingerprint density at radius 2 is 2.27 bits per heavy atom. The first-order chi connectivity index (χ1) is 10.6. The fraction of sp³-hybridized carbons (Fsp3) is 0.533. The van der Waals surface area contributed by atoms with E-state index in [1.54, 1.807) is 10.5 Å². The van der Waals surface area contributed by atoms with Crippen molar-refractivity contribution in [3.05, 3.63) is 33.2 Å². The number of nitrogens with zero attached hydrogens (tertiary/aromatic N) is 2. The van der Waals surface area contributed by atoms with Crippen molar-refractivity contribution in [2.75, 3.05) is 5.75 Å². The molecule has 2 aromatic rings. The molecular formula is C15H19N3O2S2. The highest BCUT2D eigenvalue weighted by Gasteiger charge is 2.17. The zero-order valence-electron chi connectivity index (χ0n) is 12.5. The van der Waals surface area contributed by atoms with Crippen molar-refractivity contribution in [2.45, 2.75) is 44.4 Å². The van der Waals surface area contributed by atoms with Crippen LogP contribution in [0.2, 0.25) is 0 Å². The van der Waals surface area contributed by atoms with Crippen LogP contribution >= 0.6 is 23.1 Å². The van der Waals surface area contributed by atoms with Crippen LogP contribution in [0.1, 0.15) is 37.1 Å². The van der Waals surface area contributed by atoms with Gasteiger partial charge >= 0.3 is 0 Å². The van der Waals surface area contributed by atoms with Gasteiger partial charge in [-0.3, -0.25) is 14.0 Å². The molecule has 0 saturated heterocycles. The molecular weight excluding hydrogens is 318 g/mol. The van der Waals surface area contributed by atoms with Crippen molar-refractivity contribution in [3.63, 3.8) is 0 Å². The number of thioether (sulfide) groups is 1. The van der Waals surface area contributed by atoms with Crippen molar-refractivity contribution in [1.82, 2.24) is 14.7 Å². The van der Waals surface area contributed by atoms with Crippen molar-refractivity contribution in [1.29, 1.82) is 0 Å². The first-order valence-corrected chi connectivity index (χ1v) is 9.51. The quantitative estimate of drug-likeness (QED) is 0.910. The van der Waals surface area contributed by atoms with Crippen LogP contribution in [-0.2, 0) is 10.5 Å². The van der Waals surface area contributed by atoms with Gasteiger partial charge in [0, 0.05) is 28.9 Å². The summed E-state index contributed by atoms with van der Waals surface area (Å²) >= 11 is 2.97. The predicted molar refractivity (Wildman–Crippen MR) is 90.6 cm³/mol. The summed E-state index contributed by atoms with van der Waals surface area (Å²) in [5.41, 5.74) is 1.60. The third kappa shape index (κ3) is 3.52. The topological polar surface area (TPSA) is 63.5 Å². The number of fused-ring (bicyclic) bond motifs is 1. The van der Waals surface area contributed by atoms with Crippen LogP contribution in [-0.4, -0.2) is 27.1 Å². The molecule has 0 spiro atoms. The van der Waals surface area contributed by atoms with Crippen LogP contribution in [0.5, 0.6) is 0 Å². The summed E-state index contributed by atoms with van der Waals surface area (Å²) in [6.45, 7) is 1.90. The zero-order valence-corrected chi connectivity index (χ0v) is 14.1. The van der Waals surface area contributed by atoms with Crippen molar-refractivity contribution < 1.29 is 4.79 Å². The molecule has 0 unspecified atom stereocenters. The van der Waals surface area contributed by atoms with E-state index in [4.69, 9.17) is 0 Å². The Labute approximate surface area is 137 Å². The molecule has 1 N–H and O–H groups in total. The number of thiazole rings is 1. The molecule has 1 amide bonds. The lowest BCUT2D eigenvalue weighted by Gasteiger charge is -2.11. The van der Waals surface area contributed by atoms with Gasteiger partial charge in [-0.15, -0.1) is 23.1 Å². The average molecular weight is 337 g/mol. The molecule has 118 valence electrons. The van der Waals surface area contributed by atoms with E-state index >= 15 is 0 Å². The predicted octanol–water partition coefficient (Wildman–Crippen LogP) is 2.36. The minimum atomic E-state index is -0.0465. The highest BCUT2D eigenvalue weighted by atomic mass is 32.2.